The Bertz CT molecular complexity index is 495. The predicted molar refractivity (Wildman–Crippen MR) is 64.1 cm³/mol. The minimum atomic E-state index is -4.42. The zero-order valence-corrected chi connectivity index (χ0v) is 10.5. The number of alkyl halides is 3. The SMILES string of the molecule is CN(Cc1ccccc1C(F)(F)F)C(=O)C1(N)CC1. The van der Waals surface area contributed by atoms with Crippen LogP contribution in [-0.4, -0.2) is 23.4 Å². The number of amides is 1. The van der Waals surface area contributed by atoms with Gasteiger partial charge in [0.05, 0.1) is 11.1 Å². The Morgan fingerprint density at radius 1 is 1.37 bits per heavy atom. The number of halogens is 3. The predicted octanol–water partition coefficient (Wildman–Crippen LogP) is 2.16. The van der Waals surface area contributed by atoms with Gasteiger partial charge >= 0.3 is 6.18 Å². The zero-order chi connectivity index (χ0) is 14.3. The topological polar surface area (TPSA) is 46.3 Å². The normalized spacial score (nSPS) is 17.1. The van der Waals surface area contributed by atoms with Crippen molar-refractivity contribution in [2.75, 3.05) is 7.05 Å². The molecule has 0 bridgehead atoms. The summed E-state index contributed by atoms with van der Waals surface area (Å²) in [7, 11) is 1.47. The molecule has 1 fully saturated rings. The number of benzene rings is 1. The number of nitrogens with zero attached hydrogens (tertiary/aromatic N) is 1. The smallest absolute Gasteiger partial charge is 0.340 e. The van der Waals surface area contributed by atoms with E-state index in [1.807, 2.05) is 0 Å². The van der Waals surface area contributed by atoms with Crippen LogP contribution in [0.3, 0.4) is 0 Å². The molecule has 0 heterocycles. The number of carbonyl (C=O) groups excluding carboxylic acids is 1. The highest BCUT2D eigenvalue weighted by Gasteiger charge is 2.47. The Kier molecular flexibility index (Phi) is 3.30. The highest BCUT2D eigenvalue weighted by atomic mass is 19.4. The molecule has 6 heteroatoms. The molecule has 1 aliphatic rings. The first-order valence-electron chi connectivity index (χ1n) is 5.93. The zero-order valence-electron chi connectivity index (χ0n) is 10.5. The van der Waals surface area contributed by atoms with E-state index in [9.17, 15) is 18.0 Å². The van der Waals surface area contributed by atoms with Gasteiger partial charge in [-0.1, -0.05) is 18.2 Å². The molecule has 1 saturated carbocycles. The van der Waals surface area contributed by atoms with Crippen LogP contribution >= 0.6 is 0 Å². The molecule has 0 radical (unpaired) electrons. The van der Waals surface area contributed by atoms with Crippen molar-refractivity contribution in [2.24, 2.45) is 5.73 Å². The fourth-order valence-corrected chi connectivity index (χ4v) is 1.99. The van der Waals surface area contributed by atoms with Gasteiger partial charge < -0.3 is 10.6 Å². The monoisotopic (exact) mass is 272 g/mol. The third-order valence-electron chi connectivity index (χ3n) is 3.29. The van der Waals surface area contributed by atoms with Gasteiger partial charge in [0.1, 0.15) is 0 Å². The summed E-state index contributed by atoms with van der Waals surface area (Å²) >= 11 is 0. The van der Waals surface area contributed by atoms with Gasteiger partial charge in [-0.2, -0.15) is 13.2 Å². The van der Waals surface area contributed by atoms with Crippen LogP contribution in [0.4, 0.5) is 13.2 Å². The van der Waals surface area contributed by atoms with E-state index in [-0.39, 0.29) is 18.0 Å². The summed E-state index contributed by atoms with van der Waals surface area (Å²) in [6.45, 7) is -0.0898. The molecule has 0 aromatic heterocycles. The Morgan fingerprint density at radius 3 is 2.47 bits per heavy atom. The first kappa shape index (κ1) is 13.9. The summed E-state index contributed by atoms with van der Waals surface area (Å²) in [5, 5.41) is 0. The molecule has 1 aromatic rings. The molecule has 1 amide bonds. The van der Waals surface area contributed by atoms with Crippen LogP contribution in [0.5, 0.6) is 0 Å². The number of rotatable bonds is 3. The number of nitrogens with two attached hydrogens (primary N) is 1. The van der Waals surface area contributed by atoms with Crippen molar-refractivity contribution in [1.82, 2.24) is 4.90 Å². The molecule has 1 aromatic carbocycles. The molecule has 0 atom stereocenters. The third-order valence-corrected chi connectivity index (χ3v) is 3.29. The van der Waals surface area contributed by atoms with Crippen LogP contribution in [0.2, 0.25) is 0 Å². The third kappa shape index (κ3) is 2.89. The standard InChI is InChI=1S/C13H15F3N2O/c1-18(11(19)12(17)6-7-12)8-9-4-2-3-5-10(9)13(14,15)16/h2-5H,6-8,17H2,1H3. The van der Waals surface area contributed by atoms with E-state index in [1.54, 1.807) is 0 Å². The Morgan fingerprint density at radius 2 is 1.95 bits per heavy atom. The summed E-state index contributed by atoms with van der Waals surface area (Å²) in [6.07, 6.45) is -3.23. The Balaban J connectivity index is 2.17. The van der Waals surface area contributed by atoms with E-state index in [0.717, 1.165) is 6.07 Å². The van der Waals surface area contributed by atoms with Gasteiger partial charge in [0, 0.05) is 13.6 Å². The van der Waals surface area contributed by atoms with Crippen LogP contribution in [0, 0.1) is 0 Å². The second-order valence-corrected chi connectivity index (χ2v) is 4.97. The van der Waals surface area contributed by atoms with Gasteiger partial charge in [-0.05, 0) is 24.5 Å². The first-order valence-corrected chi connectivity index (χ1v) is 5.93. The second kappa shape index (κ2) is 4.52. The summed E-state index contributed by atoms with van der Waals surface area (Å²) < 4.78 is 38.5. The average Bonchev–Trinajstić information content (AvgIpc) is 3.07. The number of hydrogen-bond acceptors (Lipinski definition) is 2. The minimum absolute atomic E-state index is 0.0788. The van der Waals surface area contributed by atoms with Gasteiger partial charge in [0.25, 0.3) is 0 Å². The van der Waals surface area contributed by atoms with Crippen molar-refractivity contribution in [3.8, 4) is 0 Å². The molecule has 0 aliphatic heterocycles. The van der Waals surface area contributed by atoms with Crippen LogP contribution in [0.25, 0.3) is 0 Å². The molecule has 1 aliphatic carbocycles. The summed E-state index contributed by atoms with van der Waals surface area (Å²) in [5.74, 6) is -0.301. The van der Waals surface area contributed by atoms with Crippen LogP contribution in [0.15, 0.2) is 24.3 Å². The van der Waals surface area contributed by atoms with Gasteiger partial charge in [-0.25, -0.2) is 0 Å². The summed E-state index contributed by atoms with van der Waals surface area (Å²) in [6, 6.07) is 5.25. The average molecular weight is 272 g/mol. The lowest BCUT2D eigenvalue weighted by molar-refractivity contribution is -0.140. The summed E-state index contributed by atoms with van der Waals surface area (Å²) in [5.41, 5.74) is 4.26. The molecule has 0 spiro atoms. The molecule has 0 saturated heterocycles. The van der Waals surface area contributed by atoms with Gasteiger partial charge in [0.15, 0.2) is 0 Å². The van der Waals surface area contributed by atoms with Crippen molar-refractivity contribution in [2.45, 2.75) is 31.1 Å². The largest absolute Gasteiger partial charge is 0.416 e. The molecule has 19 heavy (non-hydrogen) atoms. The van der Waals surface area contributed by atoms with Crippen molar-refractivity contribution in [1.29, 1.82) is 0 Å². The summed E-state index contributed by atoms with van der Waals surface area (Å²) in [4.78, 5) is 13.2. The highest BCUT2D eigenvalue weighted by Crippen LogP contribution is 2.35. The van der Waals surface area contributed by atoms with E-state index in [4.69, 9.17) is 5.73 Å². The quantitative estimate of drug-likeness (QED) is 0.916. The van der Waals surface area contributed by atoms with E-state index >= 15 is 0 Å². The van der Waals surface area contributed by atoms with Gasteiger partial charge in [-0.15, -0.1) is 0 Å². The lowest BCUT2D eigenvalue weighted by Crippen LogP contribution is -2.43. The Labute approximate surface area is 109 Å². The van der Waals surface area contributed by atoms with Crippen molar-refractivity contribution >= 4 is 5.91 Å². The number of likely N-dealkylation sites (N-methyl/N-ethyl adjacent to an activating group) is 1. The van der Waals surface area contributed by atoms with E-state index < -0.39 is 17.3 Å². The van der Waals surface area contributed by atoms with Gasteiger partial charge in [-0.3, -0.25) is 4.79 Å². The molecule has 2 N–H and O–H groups in total. The van der Waals surface area contributed by atoms with Crippen molar-refractivity contribution < 1.29 is 18.0 Å². The van der Waals surface area contributed by atoms with E-state index in [2.05, 4.69) is 0 Å². The van der Waals surface area contributed by atoms with Crippen LogP contribution < -0.4 is 5.73 Å². The minimum Gasteiger partial charge on any atom is -0.340 e. The fourth-order valence-electron chi connectivity index (χ4n) is 1.99. The maximum absolute atomic E-state index is 12.8. The van der Waals surface area contributed by atoms with Crippen LogP contribution in [0.1, 0.15) is 24.0 Å². The molecule has 3 nitrogen and oxygen atoms in total. The highest BCUT2D eigenvalue weighted by molar-refractivity contribution is 5.88. The molecule has 104 valence electrons. The first-order chi connectivity index (χ1) is 8.74. The van der Waals surface area contributed by atoms with E-state index in [1.165, 1.54) is 30.1 Å². The lowest BCUT2D eigenvalue weighted by atomic mass is 10.1. The maximum Gasteiger partial charge on any atom is 0.416 e. The molecular weight excluding hydrogens is 257 g/mol. The molecular formula is C13H15F3N2O. The van der Waals surface area contributed by atoms with Crippen LogP contribution in [-0.2, 0) is 17.5 Å². The fraction of sp³-hybridized carbons (Fsp3) is 0.462. The van der Waals surface area contributed by atoms with Crippen molar-refractivity contribution in [3.05, 3.63) is 35.4 Å². The molecule has 0 unspecified atom stereocenters. The van der Waals surface area contributed by atoms with Gasteiger partial charge in [0.2, 0.25) is 5.91 Å². The van der Waals surface area contributed by atoms with Crippen molar-refractivity contribution in [3.63, 3.8) is 0 Å². The Hall–Kier alpha value is -1.56. The molecule has 2 rings (SSSR count). The second-order valence-electron chi connectivity index (χ2n) is 4.97. The lowest BCUT2D eigenvalue weighted by Gasteiger charge is -2.22. The number of carbonyl (C=O) groups is 1. The maximum atomic E-state index is 12.8. The number of hydrogen-bond donors (Lipinski definition) is 1. The van der Waals surface area contributed by atoms with E-state index in [0.29, 0.717) is 12.8 Å².